The van der Waals surface area contributed by atoms with Crippen molar-refractivity contribution in [3.05, 3.63) is 0 Å². The summed E-state index contributed by atoms with van der Waals surface area (Å²) in [6.45, 7) is 0. The maximum atomic E-state index is 3.03. The first kappa shape index (κ1) is 9.39. The zero-order chi connectivity index (χ0) is 2.71. The Morgan fingerprint density at radius 3 is 1.25 bits per heavy atom. The van der Waals surface area contributed by atoms with Crippen molar-refractivity contribution in [3.8, 4) is 0 Å². The van der Waals surface area contributed by atoms with Gasteiger partial charge in [0.05, 0.1) is 20.8 Å². The fourth-order valence-corrected chi connectivity index (χ4v) is 0. The third-order valence-corrected chi connectivity index (χ3v) is 0. The molecular weight excluding hydrogens is 109 g/mol. The predicted octanol–water partition coefficient (Wildman–Crippen LogP) is -3.51. The molecule has 0 atom stereocenters. The summed E-state index contributed by atoms with van der Waals surface area (Å²) in [6, 6.07) is 0. The van der Waals surface area contributed by atoms with E-state index in [9.17, 15) is 0 Å². The van der Waals surface area contributed by atoms with Gasteiger partial charge in [0.1, 0.15) is 0 Å². The van der Waals surface area contributed by atoms with Crippen molar-refractivity contribution >= 4 is 72.2 Å². The Morgan fingerprint density at radius 1 is 1.25 bits per heavy atom. The molecule has 0 amide bonds. The first-order valence-corrected chi connectivity index (χ1v) is 3.00. The van der Waals surface area contributed by atoms with Crippen LogP contribution in [0.25, 0.3) is 0 Å². The molecule has 0 bridgehead atoms. The zero-order valence-corrected chi connectivity index (χ0v) is 6.50. The predicted molar refractivity (Wildman–Crippen MR) is 30.2 cm³/mol. The minimum atomic E-state index is 0. The average molecular weight is 117 g/mol. The summed E-state index contributed by atoms with van der Waals surface area (Å²) in [4.78, 5) is 0. The van der Waals surface area contributed by atoms with Crippen LogP contribution >= 0.6 is 0 Å². The maximum absolute atomic E-state index is 3.03. The van der Waals surface area contributed by atoms with Gasteiger partial charge < -0.3 is 4.65 Å². The average Bonchev–Trinajstić information content (AvgIpc) is 0.918. The molecule has 22 valence electrons. The Morgan fingerprint density at radius 2 is 1.25 bits per heavy atom. The molecule has 4 heavy (non-hydrogen) atoms. The van der Waals surface area contributed by atoms with E-state index in [4.69, 9.17) is 0 Å². The first-order valence-electron chi connectivity index (χ1n) is 1.00. The van der Waals surface area contributed by atoms with E-state index in [0.717, 1.165) is 0 Å². The number of hydrogen-bond acceptors (Lipinski definition) is 1. The van der Waals surface area contributed by atoms with Crippen LogP contribution in [0.2, 0.25) is 0 Å². The monoisotopic (exact) mass is 117 g/mol. The standard InChI is InChI=1S/K.H7NSi2.H/c;2-1-3;/h;1H,2-3H3;. The van der Waals surface area contributed by atoms with E-state index in [2.05, 4.69) is 4.65 Å². The van der Waals surface area contributed by atoms with Crippen LogP contribution in [0, 0.1) is 0 Å². The molecule has 0 aliphatic rings. The fourth-order valence-electron chi connectivity index (χ4n) is 0. The summed E-state index contributed by atoms with van der Waals surface area (Å²) in [5, 5.41) is 0. The molecule has 0 aromatic carbocycles. The van der Waals surface area contributed by atoms with E-state index in [1.54, 1.807) is 0 Å². The fraction of sp³-hybridized carbons (Fsp3) is 0. The van der Waals surface area contributed by atoms with E-state index in [0.29, 0.717) is 0 Å². The van der Waals surface area contributed by atoms with Crippen LogP contribution < -0.4 is 4.65 Å². The van der Waals surface area contributed by atoms with Crippen molar-refractivity contribution in [3.63, 3.8) is 0 Å². The van der Waals surface area contributed by atoms with Gasteiger partial charge in [0, 0.05) is 0 Å². The second kappa shape index (κ2) is 8.90. The molecule has 0 fully saturated rings. The van der Waals surface area contributed by atoms with Crippen LogP contribution in [-0.4, -0.2) is 72.2 Å². The molecular formula is H8KNSi2. The van der Waals surface area contributed by atoms with Crippen molar-refractivity contribution in [2.45, 2.75) is 0 Å². The summed E-state index contributed by atoms with van der Waals surface area (Å²) < 4.78 is 3.03. The molecule has 1 nitrogen and oxygen atoms in total. The second-order valence-electron chi connectivity index (χ2n) is 0.500. The van der Waals surface area contributed by atoms with Gasteiger partial charge in [-0.05, 0) is 0 Å². The van der Waals surface area contributed by atoms with E-state index >= 15 is 0 Å². The maximum Gasteiger partial charge on any atom is 0.0670 e. The molecule has 0 aromatic heterocycles. The van der Waals surface area contributed by atoms with Gasteiger partial charge >= 0.3 is 51.4 Å². The Hall–Kier alpha value is 2.03. The van der Waals surface area contributed by atoms with Gasteiger partial charge in [0.2, 0.25) is 0 Å². The van der Waals surface area contributed by atoms with Gasteiger partial charge in [0.15, 0.2) is 0 Å². The Balaban J connectivity index is 0. The molecule has 0 radical (unpaired) electrons. The second-order valence-corrected chi connectivity index (χ2v) is 4.50. The zero-order valence-electron chi connectivity index (χ0n) is 2.50. The Labute approximate surface area is 75.3 Å². The summed E-state index contributed by atoms with van der Waals surface area (Å²) in [7, 11) is 2.36. The van der Waals surface area contributed by atoms with Gasteiger partial charge in [-0.2, -0.15) is 0 Å². The third kappa shape index (κ3) is 8.98. The molecule has 1 N–H and O–H groups in total. The van der Waals surface area contributed by atoms with Crippen molar-refractivity contribution in [2.75, 3.05) is 0 Å². The van der Waals surface area contributed by atoms with Gasteiger partial charge in [-0.3, -0.25) is 0 Å². The summed E-state index contributed by atoms with van der Waals surface area (Å²) in [5.74, 6) is 0. The molecule has 0 aromatic rings. The van der Waals surface area contributed by atoms with Crippen LogP contribution in [0.15, 0.2) is 0 Å². The molecule has 0 saturated carbocycles. The SMILES string of the molecule is [KH].[SiH3]N[SiH3]. The Kier molecular flexibility index (Phi) is 20.9. The summed E-state index contributed by atoms with van der Waals surface area (Å²) in [5.41, 5.74) is 0. The normalized spacial score (nSPS) is 6.00. The van der Waals surface area contributed by atoms with E-state index in [1.807, 2.05) is 0 Å². The summed E-state index contributed by atoms with van der Waals surface area (Å²) in [6.07, 6.45) is 0. The van der Waals surface area contributed by atoms with E-state index < -0.39 is 0 Å². The number of hydrogen-bond donors (Lipinski definition) is 1. The Bertz CT molecular complexity index is 6.00. The van der Waals surface area contributed by atoms with Crippen LogP contribution in [0.3, 0.4) is 0 Å². The van der Waals surface area contributed by atoms with Crippen LogP contribution in [0.4, 0.5) is 0 Å². The molecule has 0 unspecified atom stereocenters. The van der Waals surface area contributed by atoms with Crippen LogP contribution in [-0.2, 0) is 0 Å². The van der Waals surface area contributed by atoms with E-state index in [1.165, 1.54) is 20.8 Å². The summed E-state index contributed by atoms with van der Waals surface area (Å²) >= 11 is 0. The third-order valence-electron chi connectivity index (χ3n) is 0. The molecule has 0 saturated heterocycles. The van der Waals surface area contributed by atoms with Crippen molar-refractivity contribution in [2.24, 2.45) is 0 Å². The van der Waals surface area contributed by atoms with Crippen LogP contribution in [0.1, 0.15) is 0 Å². The largest absolute Gasteiger partial charge is 0.374 e. The smallest absolute Gasteiger partial charge is 0.0670 e. The van der Waals surface area contributed by atoms with Gasteiger partial charge in [0.25, 0.3) is 0 Å². The topological polar surface area (TPSA) is 12.0 Å². The van der Waals surface area contributed by atoms with Crippen molar-refractivity contribution in [1.29, 1.82) is 0 Å². The minimum Gasteiger partial charge on any atom is -0.374 e. The van der Waals surface area contributed by atoms with Crippen molar-refractivity contribution in [1.82, 2.24) is 4.65 Å². The van der Waals surface area contributed by atoms with E-state index in [-0.39, 0.29) is 51.4 Å². The first-order chi connectivity index (χ1) is 1.41. The molecule has 0 heterocycles. The minimum absolute atomic E-state index is 0. The van der Waals surface area contributed by atoms with Gasteiger partial charge in [-0.1, -0.05) is 0 Å². The quantitative estimate of drug-likeness (QED) is 0.325. The molecule has 0 spiro atoms. The number of nitrogens with one attached hydrogen (secondary N) is 1. The molecule has 0 aliphatic heterocycles. The molecule has 0 rings (SSSR count). The van der Waals surface area contributed by atoms with Gasteiger partial charge in [-0.25, -0.2) is 0 Å². The number of rotatable bonds is 0. The molecule has 0 aliphatic carbocycles. The van der Waals surface area contributed by atoms with Crippen molar-refractivity contribution < 1.29 is 0 Å². The molecule has 4 heteroatoms. The van der Waals surface area contributed by atoms with Gasteiger partial charge in [-0.15, -0.1) is 0 Å². The van der Waals surface area contributed by atoms with Crippen LogP contribution in [0.5, 0.6) is 0 Å².